The van der Waals surface area contributed by atoms with Gasteiger partial charge in [0.25, 0.3) is 0 Å². The molecule has 0 saturated heterocycles. The van der Waals surface area contributed by atoms with Gasteiger partial charge in [0.1, 0.15) is 5.82 Å². The van der Waals surface area contributed by atoms with E-state index in [1.807, 2.05) is 25.1 Å². The van der Waals surface area contributed by atoms with Gasteiger partial charge in [0.2, 0.25) is 0 Å². The Balaban J connectivity index is 2.04. The van der Waals surface area contributed by atoms with Gasteiger partial charge in [0.05, 0.1) is 16.7 Å². The molecular weight excluding hydrogens is 264 g/mol. The first-order valence-corrected chi connectivity index (χ1v) is 7.32. The fourth-order valence-corrected chi connectivity index (χ4v) is 2.78. The zero-order valence-electron chi connectivity index (χ0n) is 12.0. The summed E-state index contributed by atoms with van der Waals surface area (Å²) in [6, 6.07) is 10.2. The maximum atomic E-state index is 11.3. The molecule has 4 heteroatoms. The molecule has 0 amide bonds. The Kier molecular flexibility index (Phi) is 3.45. The molecule has 0 bridgehead atoms. The maximum Gasteiger partial charge on any atom is 0.339 e. The van der Waals surface area contributed by atoms with Crippen LogP contribution in [0.4, 0.5) is 0 Å². The highest BCUT2D eigenvalue weighted by molar-refractivity contribution is 5.88. The summed E-state index contributed by atoms with van der Waals surface area (Å²) in [7, 11) is 0. The predicted molar refractivity (Wildman–Crippen MR) is 79.4 cm³/mol. The van der Waals surface area contributed by atoms with Crippen molar-refractivity contribution in [2.45, 2.75) is 38.0 Å². The molecular formula is C17H18N2O2. The minimum Gasteiger partial charge on any atom is -0.478 e. The van der Waals surface area contributed by atoms with Crippen LogP contribution in [-0.2, 0) is 11.8 Å². The Bertz CT molecular complexity index is 664. The normalized spacial score (nSPS) is 15.7. The first kappa shape index (κ1) is 13.7. The van der Waals surface area contributed by atoms with E-state index in [-0.39, 0.29) is 11.0 Å². The number of carboxylic acids is 1. The van der Waals surface area contributed by atoms with Gasteiger partial charge in [-0.25, -0.2) is 14.8 Å². The van der Waals surface area contributed by atoms with Gasteiger partial charge >= 0.3 is 5.97 Å². The summed E-state index contributed by atoms with van der Waals surface area (Å²) in [5, 5.41) is 9.24. The minimum absolute atomic E-state index is 0.110. The molecule has 0 unspecified atom stereocenters. The van der Waals surface area contributed by atoms with Crippen molar-refractivity contribution in [3.05, 3.63) is 59.2 Å². The molecule has 1 N–H and O–H groups in total. The van der Waals surface area contributed by atoms with Crippen molar-refractivity contribution in [1.82, 2.24) is 9.97 Å². The molecule has 2 aromatic rings. The van der Waals surface area contributed by atoms with E-state index in [1.54, 1.807) is 0 Å². The monoisotopic (exact) mass is 282 g/mol. The first-order chi connectivity index (χ1) is 10.2. The summed E-state index contributed by atoms with van der Waals surface area (Å²) in [5.41, 5.74) is 1.98. The zero-order chi connectivity index (χ0) is 14.9. The van der Waals surface area contributed by atoms with E-state index in [4.69, 9.17) is 0 Å². The average molecular weight is 282 g/mol. The van der Waals surface area contributed by atoms with Crippen LogP contribution < -0.4 is 0 Å². The fraction of sp³-hybridized carbons (Fsp3) is 0.353. The number of aryl methyl sites for hydroxylation is 1. The quantitative estimate of drug-likeness (QED) is 0.914. The van der Waals surface area contributed by atoms with Gasteiger partial charge < -0.3 is 5.11 Å². The zero-order valence-corrected chi connectivity index (χ0v) is 12.0. The molecule has 4 nitrogen and oxygen atoms in total. The molecule has 0 spiro atoms. The Hall–Kier alpha value is -2.23. The SMILES string of the molecule is CCCc1nc(C2(c3ccccc3)CC2)ncc1C(=O)O. The summed E-state index contributed by atoms with van der Waals surface area (Å²) in [5.74, 6) is -0.184. The van der Waals surface area contributed by atoms with Gasteiger partial charge in [-0.3, -0.25) is 0 Å². The molecule has 0 atom stereocenters. The van der Waals surface area contributed by atoms with E-state index in [2.05, 4.69) is 22.1 Å². The Labute approximate surface area is 123 Å². The lowest BCUT2D eigenvalue weighted by molar-refractivity contribution is 0.0694. The van der Waals surface area contributed by atoms with Crippen molar-refractivity contribution >= 4 is 5.97 Å². The smallest absolute Gasteiger partial charge is 0.339 e. The first-order valence-electron chi connectivity index (χ1n) is 7.32. The van der Waals surface area contributed by atoms with Crippen molar-refractivity contribution in [2.24, 2.45) is 0 Å². The number of rotatable bonds is 5. The lowest BCUT2D eigenvalue weighted by Gasteiger charge is -2.16. The highest BCUT2D eigenvalue weighted by atomic mass is 16.4. The third kappa shape index (κ3) is 2.42. The maximum absolute atomic E-state index is 11.3. The van der Waals surface area contributed by atoms with E-state index < -0.39 is 5.97 Å². The highest BCUT2D eigenvalue weighted by Gasteiger charge is 2.48. The molecule has 21 heavy (non-hydrogen) atoms. The van der Waals surface area contributed by atoms with Crippen LogP contribution in [0.1, 0.15) is 53.6 Å². The van der Waals surface area contributed by atoms with Crippen LogP contribution >= 0.6 is 0 Å². The molecule has 1 aromatic carbocycles. The van der Waals surface area contributed by atoms with Crippen molar-refractivity contribution in [2.75, 3.05) is 0 Å². The van der Waals surface area contributed by atoms with Crippen molar-refractivity contribution in [3.63, 3.8) is 0 Å². The molecule has 1 aliphatic carbocycles. The van der Waals surface area contributed by atoms with Crippen LogP contribution in [0.2, 0.25) is 0 Å². The van der Waals surface area contributed by atoms with E-state index in [0.717, 1.165) is 25.1 Å². The number of aromatic nitrogens is 2. The van der Waals surface area contributed by atoms with Gasteiger partial charge in [0, 0.05) is 6.20 Å². The number of aromatic carboxylic acids is 1. The molecule has 0 radical (unpaired) electrons. The van der Waals surface area contributed by atoms with E-state index in [9.17, 15) is 9.90 Å². The van der Waals surface area contributed by atoms with Crippen molar-refractivity contribution in [3.8, 4) is 0 Å². The number of hydrogen-bond donors (Lipinski definition) is 1. The van der Waals surface area contributed by atoms with Gasteiger partial charge in [-0.1, -0.05) is 43.7 Å². The molecule has 108 valence electrons. The molecule has 1 fully saturated rings. The lowest BCUT2D eigenvalue weighted by Crippen LogP contribution is -2.17. The number of nitrogens with zero attached hydrogens (tertiary/aromatic N) is 2. The van der Waals surface area contributed by atoms with Gasteiger partial charge in [-0.05, 0) is 24.8 Å². The lowest BCUT2D eigenvalue weighted by atomic mass is 9.94. The van der Waals surface area contributed by atoms with Gasteiger partial charge in [0.15, 0.2) is 0 Å². The fourth-order valence-electron chi connectivity index (χ4n) is 2.78. The molecule has 1 aromatic heterocycles. The summed E-state index contributed by atoms with van der Waals surface area (Å²) >= 11 is 0. The molecule has 1 heterocycles. The van der Waals surface area contributed by atoms with Crippen molar-refractivity contribution < 1.29 is 9.90 Å². The number of benzene rings is 1. The van der Waals surface area contributed by atoms with Crippen LogP contribution in [0, 0.1) is 0 Å². The number of carbonyl (C=O) groups is 1. The van der Waals surface area contributed by atoms with E-state index in [0.29, 0.717) is 12.1 Å². The third-order valence-electron chi connectivity index (χ3n) is 4.09. The van der Waals surface area contributed by atoms with Gasteiger partial charge in [-0.2, -0.15) is 0 Å². The van der Waals surface area contributed by atoms with E-state index >= 15 is 0 Å². The molecule has 1 aliphatic rings. The topological polar surface area (TPSA) is 63.1 Å². The minimum atomic E-state index is -0.949. The van der Waals surface area contributed by atoms with Crippen molar-refractivity contribution in [1.29, 1.82) is 0 Å². The van der Waals surface area contributed by atoms with Crippen LogP contribution in [0.15, 0.2) is 36.5 Å². The van der Waals surface area contributed by atoms with Crippen LogP contribution in [0.25, 0.3) is 0 Å². The molecule has 3 rings (SSSR count). The van der Waals surface area contributed by atoms with Crippen LogP contribution in [0.3, 0.4) is 0 Å². The summed E-state index contributed by atoms with van der Waals surface area (Å²) in [6.45, 7) is 2.03. The van der Waals surface area contributed by atoms with Crippen LogP contribution in [0.5, 0.6) is 0 Å². The van der Waals surface area contributed by atoms with E-state index in [1.165, 1.54) is 11.8 Å². The highest BCUT2D eigenvalue weighted by Crippen LogP contribution is 2.52. The standard InChI is InChI=1S/C17H18N2O2/c1-2-6-14-13(15(20)21)11-18-16(19-14)17(9-10-17)12-7-4-3-5-8-12/h3-5,7-8,11H,2,6,9-10H2,1H3,(H,20,21). The second kappa shape index (κ2) is 5.28. The third-order valence-corrected chi connectivity index (χ3v) is 4.09. The average Bonchev–Trinajstić information content (AvgIpc) is 3.30. The second-order valence-corrected chi connectivity index (χ2v) is 5.56. The number of hydrogen-bond acceptors (Lipinski definition) is 3. The Morgan fingerprint density at radius 1 is 1.29 bits per heavy atom. The summed E-state index contributed by atoms with van der Waals surface area (Å²) < 4.78 is 0. The van der Waals surface area contributed by atoms with Crippen LogP contribution in [-0.4, -0.2) is 21.0 Å². The predicted octanol–water partition coefficient (Wildman–Crippen LogP) is 3.21. The summed E-state index contributed by atoms with van der Waals surface area (Å²) in [4.78, 5) is 20.2. The molecule has 0 aliphatic heterocycles. The summed E-state index contributed by atoms with van der Waals surface area (Å²) in [6.07, 6.45) is 5.06. The Morgan fingerprint density at radius 3 is 2.57 bits per heavy atom. The largest absolute Gasteiger partial charge is 0.478 e. The second-order valence-electron chi connectivity index (χ2n) is 5.56. The Morgan fingerprint density at radius 2 is 2.00 bits per heavy atom. The van der Waals surface area contributed by atoms with Gasteiger partial charge in [-0.15, -0.1) is 0 Å². The molecule has 1 saturated carbocycles. The number of carboxylic acid groups (broad SMARTS) is 1.